The van der Waals surface area contributed by atoms with E-state index in [0.717, 1.165) is 49.8 Å². The quantitative estimate of drug-likeness (QED) is 0.907. The van der Waals surface area contributed by atoms with Crippen LogP contribution >= 0.6 is 0 Å². The number of nitrogens with zero attached hydrogens (tertiary/aromatic N) is 3. The molecule has 0 saturated carbocycles. The van der Waals surface area contributed by atoms with Crippen LogP contribution in [-0.2, 0) is 13.0 Å². The monoisotopic (exact) mass is 270 g/mol. The molecule has 1 unspecified atom stereocenters. The Balaban J connectivity index is 1.81. The molecule has 4 nitrogen and oxygen atoms in total. The lowest BCUT2D eigenvalue weighted by Crippen LogP contribution is -2.11. The van der Waals surface area contributed by atoms with E-state index in [1.165, 1.54) is 12.0 Å². The van der Waals surface area contributed by atoms with E-state index in [4.69, 9.17) is 0 Å². The summed E-state index contributed by atoms with van der Waals surface area (Å²) in [5.41, 5.74) is 3.55. The Kier molecular flexibility index (Phi) is 4.11. The van der Waals surface area contributed by atoms with Gasteiger partial charge in [0.25, 0.3) is 0 Å². The van der Waals surface area contributed by atoms with Crippen molar-refractivity contribution in [2.24, 2.45) is 5.92 Å². The van der Waals surface area contributed by atoms with E-state index in [1.807, 2.05) is 17.1 Å². The second-order valence-corrected chi connectivity index (χ2v) is 5.55. The van der Waals surface area contributed by atoms with Gasteiger partial charge in [-0.05, 0) is 62.0 Å². The molecule has 1 aliphatic rings. The Morgan fingerprint density at radius 2 is 2.30 bits per heavy atom. The van der Waals surface area contributed by atoms with Crippen molar-refractivity contribution in [3.05, 3.63) is 36.2 Å². The van der Waals surface area contributed by atoms with Crippen LogP contribution in [0.1, 0.15) is 25.3 Å². The van der Waals surface area contributed by atoms with Crippen LogP contribution in [0.15, 0.2) is 30.6 Å². The first kappa shape index (κ1) is 13.3. The van der Waals surface area contributed by atoms with Gasteiger partial charge in [0.15, 0.2) is 0 Å². The van der Waals surface area contributed by atoms with E-state index < -0.39 is 0 Å². The summed E-state index contributed by atoms with van der Waals surface area (Å²) in [5, 5.41) is 7.81. The van der Waals surface area contributed by atoms with Gasteiger partial charge < -0.3 is 5.32 Å². The predicted molar refractivity (Wildman–Crippen MR) is 80.4 cm³/mol. The largest absolute Gasteiger partial charge is 0.316 e. The normalized spacial score (nSPS) is 18.6. The van der Waals surface area contributed by atoms with Crippen molar-refractivity contribution < 1.29 is 0 Å². The van der Waals surface area contributed by atoms with E-state index in [1.54, 1.807) is 0 Å². The summed E-state index contributed by atoms with van der Waals surface area (Å²) in [4.78, 5) is 4.52. The Morgan fingerprint density at radius 3 is 3.10 bits per heavy atom. The highest BCUT2D eigenvalue weighted by Gasteiger charge is 2.15. The number of aromatic nitrogens is 3. The molecule has 20 heavy (non-hydrogen) atoms. The van der Waals surface area contributed by atoms with Gasteiger partial charge in [-0.2, -0.15) is 5.10 Å². The number of pyridine rings is 1. The molecular formula is C16H22N4. The third kappa shape index (κ3) is 2.90. The minimum absolute atomic E-state index is 0.769. The van der Waals surface area contributed by atoms with Crippen LogP contribution in [0.4, 0.5) is 0 Å². The van der Waals surface area contributed by atoms with Crippen molar-refractivity contribution in [3.8, 4) is 11.4 Å². The Morgan fingerprint density at radius 1 is 1.35 bits per heavy atom. The third-order valence-corrected chi connectivity index (χ3v) is 3.93. The highest BCUT2D eigenvalue weighted by molar-refractivity contribution is 5.55. The zero-order chi connectivity index (χ0) is 13.8. The van der Waals surface area contributed by atoms with Gasteiger partial charge in [0, 0.05) is 18.9 Å². The third-order valence-electron chi connectivity index (χ3n) is 3.93. The lowest BCUT2D eigenvalue weighted by molar-refractivity contribution is 0.579. The van der Waals surface area contributed by atoms with Gasteiger partial charge in [0.1, 0.15) is 0 Å². The zero-order valence-electron chi connectivity index (χ0n) is 12.0. The minimum Gasteiger partial charge on any atom is -0.316 e. The van der Waals surface area contributed by atoms with Crippen LogP contribution < -0.4 is 5.32 Å². The van der Waals surface area contributed by atoms with Gasteiger partial charge in [-0.3, -0.25) is 9.67 Å². The van der Waals surface area contributed by atoms with Crippen LogP contribution in [0.5, 0.6) is 0 Å². The fourth-order valence-corrected chi connectivity index (χ4v) is 2.90. The van der Waals surface area contributed by atoms with Crippen molar-refractivity contribution >= 4 is 0 Å². The van der Waals surface area contributed by atoms with Gasteiger partial charge in [0.2, 0.25) is 0 Å². The van der Waals surface area contributed by atoms with Crippen LogP contribution in [0.2, 0.25) is 0 Å². The van der Waals surface area contributed by atoms with Crippen LogP contribution in [0.25, 0.3) is 11.4 Å². The molecule has 4 heteroatoms. The van der Waals surface area contributed by atoms with Crippen molar-refractivity contribution in [2.45, 2.75) is 32.7 Å². The number of aryl methyl sites for hydroxylation is 1. The van der Waals surface area contributed by atoms with E-state index in [-0.39, 0.29) is 0 Å². The highest BCUT2D eigenvalue weighted by Crippen LogP contribution is 2.21. The summed E-state index contributed by atoms with van der Waals surface area (Å²) in [5.74, 6) is 0.769. The van der Waals surface area contributed by atoms with E-state index in [9.17, 15) is 0 Å². The predicted octanol–water partition coefficient (Wildman–Crippen LogP) is 2.51. The maximum Gasteiger partial charge on any atom is 0.0885 e. The molecule has 0 radical (unpaired) electrons. The smallest absolute Gasteiger partial charge is 0.0885 e. The fourth-order valence-electron chi connectivity index (χ4n) is 2.90. The summed E-state index contributed by atoms with van der Waals surface area (Å²) in [6.07, 6.45) is 7.30. The van der Waals surface area contributed by atoms with Crippen LogP contribution in [-0.4, -0.2) is 27.9 Å². The van der Waals surface area contributed by atoms with Crippen LogP contribution in [0, 0.1) is 5.92 Å². The Labute approximate surface area is 120 Å². The summed E-state index contributed by atoms with van der Waals surface area (Å²) >= 11 is 0. The van der Waals surface area contributed by atoms with Crippen molar-refractivity contribution in [1.82, 2.24) is 20.1 Å². The van der Waals surface area contributed by atoms with Crippen molar-refractivity contribution in [2.75, 3.05) is 13.1 Å². The first-order valence-electron chi connectivity index (χ1n) is 7.54. The molecule has 1 saturated heterocycles. The molecule has 1 N–H and O–H groups in total. The average Bonchev–Trinajstić information content (AvgIpc) is 3.11. The van der Waals surface area contributed by atoms with Gasteiger partial charge >= 0.3 is 0 Å². The molecule has 2 aromatic heterocycles. The van der Waals surface area contributed by atoms with Crippen LogP contribution in [0.3, 0.4) is 0 Å². The molecule has 0 bridgehead atoms. The number of nitrogens with one attached hydrogen (secondary N) is 1. The van der Waals surface area contributed by atoms with Crippen molar-refractivity contribution in [1.29, 1.82) is 0 Å². The molecule has 1 atom stereocenters. The lowest BCUT2D eigenvalue weighted by atomic mass is 9.98. The Hall–Kier alpha value is -1.68. The molecule has 0 aromatic carbocycles. The van der Waals surface area contributed by atoms with E-state index in [2.05, 4.69) is 40.5 Å². The molecular weight excluding hydrogens is 248 g/mol. The standard InChI is InChI=1S/C16H22N4/c1-2-9-20-16(5-8-19-20)15-11-13(4-7-18-15)10-14-3-6-17-12-14/h4-5,7-8,11,14,17H,2-3,6,9-10,12H2,1H3. The SMILES string of the molecule is CCCn1nccc1-c1cc(CC2CCNC2)ccn1. The molecule has 3 heterocycles. The fraction of sp³-hybridized carbons (Fsp3) is 0.500. The van der Waals surface area contributed by atoms with Gasteiger partial charge in [-0.1, -0.05) is 6.92 Å². The van der Waals surface area contributed by atoms with Gasteiger partial charge in [0.05, 0.1) is 11.4 Å². The molecule has 1 fully saturated rings. The summed E-state index contributed by atoms with van der Waals surface area (Å²) in [6.45, 7) is 5.42. The first-order chi connectivity index (χ1) is 9.86. The molecule has 3 rings (SSSR count). The molecule has 1 aliphatic heterocycles. The second-order valence-electron chi connectivity index (χ2n) is 5.55. The average molecular weight is 270 g/mol. The lowest BCUT2D eigenvalue weighted by Gasteiger charge is -2.10. The summed E-state index contributed by atoms with van der Waals surface area (Å²) in [6, 6.07) is 6.42. The Bertz CT molecular complexity index is 555. The molecule has 0 spiro atoms. The maximum atomic E-state index is 4.52. The zero-order valence-corrected chi connectivity index (χ0v) is 12.0. The number of rotatable bonds is 5. The molecule has 0 amide bonds. The van der Waals surface area contributed by atoms with Crippen molar-refractivity contribution in [3.63, 3.8) is 0 Å². The topological polar surface area (TPSA) is 42.7 Å². The van der Waals surface area contributed by atoms with Gasteiger partial charge in [-0.25, -0.2) is 0 Å². The maximum absolute atomic E-state index is 4.52. The number of hydrogen-bond acceptors (Lipinski definition) is 3. The first-order valence-corrected chi connectivity index (χ1v) is 7.54. The summed E-state index contributed by atoms with van der Waals surface area (Å²) < 4.78 is 2.04. The molecule has 2 aromatic rings. The minimum atomic E-state index is 0.769. The molecule has 0 aliphatic carbocycles. The van der Waals surface area contributed by atoms with E-state index >= 15 is 0 Å². The van der Waals surface area contributed by atoms with Gasteiger partial charge in [-0.15, -0.1) is 0 Å². The summed E-state index contributed by atoms with van der Waals surface area (Å²) in [7, 11) is 0. The highest BCUT2D eigenvalue weighted by atomic mass is 15.3. The second kappa shape index (κ2) is 6.18. The molecule has 106 valence electrons. The number of hydrogen-bond donors (Lipinski definition) is 1. The van der Waals surface area contributed by atoms with E-state index in [0.29, 0.717) is 0 Å².